The SMILES string of the molecule is CC(CN)S(=O)(=O)CCC(C)(C)C#N. The number of hydrogen-bond donors (Lipinski definition) is 1. The molecular weight excluding hydrogens is 200 g/mol. The minimum atomic E-state index is -3.13. The van der Waals surface area contributed by atoms with Gasteiger partial charge in [0.15, 0.2) is 9.84 Å². The normalized spacial score (nSPS) is 14.8. The van der Waals surface area contributed by atoms with Crippen molar-refractivity contribution in [3.63, 3.8) is 0 Å². The lowest BCUT2D eigenvalue weighted by Gasteiger charge is -2.16. The summed E-state index contributed by atoms with van der Waals surface area (Å²) >= 11 is 0. The Balaban J connectivity index is 4.36. The first-order chi connectivity index (χ1) is 6.25. The van der Waals surface area contributed by atoms with Crippen LogP contribution in [-0.4, -0.2) is 26.0 Å². The highest BCUT2D eigenvalue weighted by Crippen LogP contribution is 2.20. The first kappa shape index (κ1) is 13.4. The average molecular weight is 218 g/mol. The third kappa shape index (κ3) is 4.07. The van der Waals surface area contributed by atoms with Crippen LogP contribution in [-0.2, 0) is 9.84 Å². The van der Waals surface area contributed by atoms with Gasteiger partial charge in [-0.2, -0.15) is 5.26 Å². The second-order valence-electron chi connectivity index (χ2n) is 4.16. The van der Waals surface area contributed by atoms with Gasteiger partial charge in [0.05, 0.1) is 22.5 Å². The molecule has 1 unspecified atom stereocenters. The molecule has 0 heterocycles. The van der Waals surface area contributed by atoms with Gasteiger partial charge in [0.1, 0.15) is 0 Å². The van der Waals surface area contributed by atoms with Crippen LogP contribution in [0.3, 0.4) is 0 Å². The van der Waals surface area contributed by atoms with E-state index in [0.29, 0.717) is 6.42 Å². The zero-order chi connectivity index (χ0) is 11.4. The van der Waals surface area contributed by atoms with Gasteiger partial charge in [-0.05, 0) is 27.2 Å². The van der Waals surface area contributed by atoms with Gasteiger partial charge in [0.2, 0.25) is 0 Å². The van der Waals surface area contributed by atoms with Crippen molar-refractivity contribution in [1.29, 1.82) is 5.26 Å². The van der Waals surface area contributed by atoms with Crippen LogP contribution in [0.4, 0.5) is 0 Å². The summed E-state index contributed by atoms with van der Waals surface area (Å²) in [6.45, 7) is 5.19. The summed E-state index contributed by atoms with van der Waals surface area (Å²) in [5, 5.41) is 8.20. The first-order valence-corrected chi connectivity index (χ1v) is 6.29. The van der Waals surface area contributed by atoms with Gasteiger partial charge in [-0.3, -0.25) is 0 Å². The van der Waals surface area contributed by atoms with Gasteiger partial charge in [-0.15, -0.1) is 0 Å². The number of nitrogens with zero attached hydrogens (tertiary/aromatic N) is 1. The lowest BCUT2D eigenvalue weighted by atomic mass is 9.93. The van der Waals surface area contributed by atoms with Gasteiger partial charge in [0, 0.05) is 6.54 Å². The van der Waals surface area contributed by atoms with Crippen LogP contribution in [0.1, 0.15) is 27.2 Å². The van der Waals surface area contributed by atoms with Crippen molar-refractivity contribution < 1.29 is 8.42 Å². The summed E-state index contributed by atoms with van der Waals surface area (Å²) in [4.78, 5) is 0. The second-order valence-corrected chi connectivity index (χ2v) is 6.70. The van der Waals surface area contributed by atoms with E-state index in [9.17, 15) is 8.42 Å². The predicted molar refractivity (Wildman–Crippen MR) is 56.3 cm³/mol. The van der Waals surface area contributed by atoms with Crippen molar-refractivity contribution in [2.24, 2.45) is 11.1 Å². The van der Waals surface area contributed by atoms with Gasteiger partial charge < -0.3 is 5.73 Å². The van der Waals surface area contributed by atoms with Crippen molar-refractivity contribution in [1.82, 2.24) is 0 Å². The molecule has 0 amide bonds. The summed E-state index contributed by atoms with van der Waals surface area (Å²) in [6, 6.07) is 2.08. The zero-order valence-corrected chi connectivity index (χ0v) is 9.76. The quantitative estimate of drug-likeness (QED) is 0.735. The van der Waals surface area contributed by atoms with Crippen LogP contribution in [0, 0.1) is 16.7 Å². The minimum absolute atomic E-state index is 0.0337. The molecule has 0 saturated carbocycles. The second kappa shape index (κ2) is 4.76. The van der Waals surface area contributed by atoms with Gasteiger partial charge in [-0.1, -0.05) is 0 Å². The molecule has 0 aromatic carbocycles. The van der Waals surface area contributed by atoms with Crippen LogP contribution < -0.4 is 5.73 Å². The number of sulfone groups is 1. The predicted octanol–water partition coefficient (Wildman–Crippen LogP) is 0.688. The van der Waals surface area contributed by atoms with E-state index in [1.54, 1.807) is 20.8 Å². The van der Waals surface area contributed by atoms with Crippen molar-refractivity contribution >= 4 is 9.84 Å². The Labute approximate surface area is 86.0 Å². The zero-order valence-electron chi connectivity index (χ0n) is 8.95. The fourth-order valence-electron chi connectivity index (χ4n) is 0.801. The molecule has 0 saturated heterocycles. The highest BCUT2D eigenvalue weighted by Gasteiger charge is 2.24. The third-order valence-electron chi connectivity index (χ3n) is 2.26. The molecule has 0 fully saturated rings. The Morgan fingerprint density at radius 2 is 2.00 bits per heavy atom. The maximum atomic E-state index is 11.5. The largest absolute Gasteiger partial charge is 0.329 e. The van der Waals surface area contributed by atoms with E-state index in [-0.39, 0.29) is 12.3 Å². The lowest BCUT2D eigenvalue weighted by Crippen LogP contribution is -2.30. The molecule has 0 aliphatic rings. The summed E-state index contributed by atoms with van der Waals surface area (Å²) in [5.74, 6) is 0.0337. The molecule has 82 valence electrons. The van der Waals surface area contributed by atoms with Crippen molar-refractivity contribution in [2.75, 3.05) is 12.3 Å². The highest BCUT2D eigenvalue weighted by molar-refractivity contribution is 7.92. The van der Waals surface area contributed by atoms with E-state index >= 15 is 0 Å². The van der Waals surface area contributed by atoms with Gasteiger partial charge in [-0.25, -0.2) is 8.42 Å². The molecule has 14 heavy (non-hydrogen) atoms. The van der Waals surface area contributed by atoms with Crippen LogP contribution in [0.15, 0.2) is 0 Å². The van der Waals surface area contributed by atoms with Gasteiger partial charge >= 0.3 is 0 Å². The highest BCUT2D eigenvalue weighted by atomic mass is 32.2. The molecule has 5 heteroatoms. The van der Waals surface area contributed by atoms with Gasteiger partial charge in [0.25, 0.3) is 0 Å². The fourth-order valence-corrected chi connectivity index (χ4v) is 2.29. The van der Waals surface area contributed by atoms with E-state index in [2.05, 4.69) is 6.07 Å². The summed E-state index contributed by atoms with van der Waals surface area (Å²) in [6.07, 6.45) is 0.357. The van der Waals surface area contributed by atoms with E-state index in [0.717, 1.165) is 0 Å². The number of hydrogen-bond acceptors (Lipinski definition) is 4. The third-order valence-corrected chi connectivity index (χ3v) is 4.45. The molecule has 0 aromatic rings. The van der Waals surface area contributed by atoms with Crippen LogP contribution >= 0.6 is 0 Å². The summed E-state index contributed by atoms with van der Waals surface area (Å²) < 4.78 is 23.1. The molecule has 0 aromatic heterocycles. The number of nitriles is 1. The molecule has 0 aliphatic carbocycles. The van der Waals surface area contributed by atoms with E-state index in [1.165, 1.54) is 0 Å². The number of rotatable bonds is 5. The van der Waals surface area contributed by atoms with E-state index in [4.69, 9.17) is 11.0 Å². The molecule has 0 radical (unpaired) electrons. The molecule has 0 aliphatic heterocycles. The lowest BCUT2D eigenvalue weighted by molar-refractivity contribution is 0.472. The smallest absolute Gasteiger partial charge is 0.154 e. The molecular formula is C9H18N2O2S. The maximum absolute atomic E-state index is 11.5. The maximum Gasteiger partial charge on any atom is 0.154 e. The van der Waals surface area contributed by atoms with Crippen molar-refractivity contribution in [3.05, 3.63) is 0 Å². The molecule has 4 nitrogen and oxygen atoms in total. The van der Waals surface area contributed by atoms with Crippen LogP contribution in [0.25, 0.3) is 0 Å². The molecule has 0 spiro atoms. The number of nitrogens with two attached hydrogens (primary N) is 1. The Morgan fingerprint density at radius 1 is 1.50 bits per heavy atom. The summed E-state index contributed by atoms with van der Waals surface area (Å²) in [7, 11) is -3.13. The Kier molecular flexibility index (Phi) is 4.56. The standard InChI is InChI=1S/C9H18N2O2S/c1-8(6-10)14(12,13)5-4-9(2,3)7-11/h8H,4-6,10H2,1-3H3. The van der Waals surface area contributed by atoms with Crippen LogP contribution in [0.2, 0.25) is 0 Å². The molecule has 0 bridgehead atoms. The van der Waals surface area contributed by atoms with Crippen molar-refractivity contribution in [2.45, 2.75) is 32.4 Å². The Hall–Kier alpha value is -0.600. The minimum Gasteiger partial charge on any atom is -0.329 e. The molecule has 1 atom stereocenters. The van der Waals surface area contributed by atoms with Crippen LogP contribution in [0.5, 0.6) is 0 Å². The summed E-state index contributed by atoms with van der Waals surface area (Å²) in [5.41, 5.74) is 4.70. The van der Waals surface area contributed by atoms with Crippen molar-refractivity contribution in [3.8, 4) is 6.07 Å². The monoisotopic (exact) mass is 218 g/mol. The Bertz CT molecular complexity index is 314. The first-order valence-electron chi connectivity index (χ1n) is 4.58. The topological polar surface area (TPSA) is 84.0 Å². The van der Waals surface area contributed by atoms with E-state index in [1.807, 2.05) is 0 Å². The molecule has 2 N–H and O–H groups in total. The van der Waals surface area contributed by atoms with E-state index < -0.39 is 20.5 Å². The fraction of sp³-hybridized carbons (Fsp3) is 0.889. The Morgan fingerprint density at radius 3 is 2.36 bits per heavy atom. The molecule has 0 rings (SSSR count). The average Bonchev–Trinajstić information content (AvgIpc) is 2.14.